The second-order valence-electron chi connectivity index (χ2n) is 4.37. The van der Waals surface area contributed by atoms with E-state index in [1.807, 2.05) is 0 Å². The van der Waals surface area contributed by atoms with Crippen LogP contribution in [0.25, 0.3) is 11.4 Å². The number of nitrogens with zero attached hydrogens (tertiary/aromatic N) is 2. The lowest BCUT2D eigenvalue weighted by Crippen LogP contribution is -2.03. The summed E-state index contributed by atoms with van der Waals surface area (Å²) in [5, 5.41) is 0. The molecule has 1 aliphatic carbocycles. The van der Waals surface area contributed by atoms with Gasteiger partial charge in [0.2, 0.25) is 0 Å². The quantitative estimate of drug-likeness (QED) is 0.842. The van der Waals surface area contributed by atoms with Gasteiger partial charge in [-0.15, -0.1) is 0 Å². The van der Waals surface area contributed by atoms with E-state index in [0.29, 0.717) is 11.4 Å². The highest BCUT2D eigenvalue weighted by molar-refractivity contribution is 5.59. The van der Waals surface area contributed by atoms with Gasteiger partial charge in [-0.25, -0.2) is 18.7 Å². The van der Waals surface area contributed by atoms with Gasteiger partial charge in [0.25, 0.3) is 0 Å². The number of nitrogens with two attached hydrogens (primary N) is 1. The van der Waals surface area contributed by atoms with Crippen LogP contribution in [0.4, 0.5) is 14.6 Å². The molecule has 0 spiro atoms. The number of aryl methyl sites for hydroxylation is 1. The summed E-state index contributed by atoms with van der Waals surface area (Å²) in [4.78, 5) is 8.47. The number of aromatic nitrogens is 2. The Hall–Kier alpha value is -2.04. The Morgan fingerprint density at radius 3 is 2.44 bits per heavy atom. The van der Waals surface area contributed by atoms with Crippen LogP contribution >= 0.6 is 0 Å². The van der Waals surface area contributed by atoms with Gasteiger partial charge < -0.3 is 5.73 Å². The molecular formula is C13H11F2N3. The van der Waals surface area contributed by atoms with E-state index in [-0.39, 0.29) is 5.82 Å². The third-order valence-electron chi connectivity index (χ3n) is 3.09. The number of rotatable bonds is 1. The number of benzene rings is 1. The Morgan fingerprint density at radius 1 is 1.00 bits per heavy atom. The van der Waals surface area contributed by atoms with E-state index < -0.39 is 11.6 Å². The molecule has 3 rings (SSSR count). The SMILES string of the molecule is Nc1nc(-c2cc(F)cc(F)c2)nc2c1CCC2. The lowest BCUT2D eigenvalue weighted by Gasteiger charge is -2.07. The molecule has 0 aliphatic heterocycles. The number of halogens is 2. The van der Waals surface area contributed by atoms with Gasteiger partial charge in [-0.1, -0.05) is 0 Å². The third kappa shape index (κ3) is 1.81. The highest BCUT2D eigenvalue weighted by atomic mass is 19.1. The second kappa shape index (κ2) is 4.01. The first-order chi connectivity index (χ1) is 8.63. The van der Waals surface area contributed by atoms with Gasteiger partial charge in [-0.3, -0.25) is 0 Å². The van der Waals surface area contributed by atoms with Crippen LogP contribution in [0.15, 0.2) is 18.2 Å². The second-order valence-corrected chi connectivity index (χ2v) is 4.37. The van der Waals surface area contributed by atoms with Gasteiger partial charge in [0.15, 0.2) is 5.82 Å². The molecule has 18 heavy (non-hydrogen) atoms. The van der Waals surface area contributed by atoms with Gasteiger partial charge in [0.05, 0.1) is 0 Å². The zero-order chi connectivity index (χ0) is 12.7. The minimum atomic E-state index is -0.646. The van der Waals surface area contributed by atoms with Gasteiger partial charge in [-0.2, -0.15) is 0 Å². The molecular weight excluding hydrogens is 236 g/mol. The molecule has 0 saturated heterocycles. The Balaban J connectivity index is 2.15. The van der Waals surface area contributed by atoms with Crippen molar-refractivity contribution in [3.8, 4) is 11.4 Å². The molecule has 1 heterocycles. The van der Waals surface area contributed by atoms with E-state index in [2.05, 4.69) is 9.97 Å². The Kier molecular flexibility index (Phi) is 2.47. The summed E-state index contributed by atoms with van der Waals surface area (Å²) in [6, 6.07) is 3.23. The van der Waals surface area contributed by atoms with Crippen LogP contribution in [0, 0.1) is 11.6 Å². The van der Waals surface area contributed by atoms with Crippen molar-refractivity contribution in [1.29, 1.82) is 0 Å². The van der Waals surface area contributed by atoms with Crippen molar-refractivity contribution in [2.24, 2.45) is 0 Å². The zero-order valence-corrected chi connectivity index (χ0v) is 9.58. The molecule has 0 amide bonds. The van der Waals surface area contributed by atoms with Gasteiger partial charge >= 0.3 is 0 Å². The highest BCUT2D eigenvalue weighted by Gasteiger charge is 2.18. The maximum atomic E-state index is 13.2. The van der Waals surface area contributed by atoms with Crippen LogP contribution in [0.5, 0.6) is 0 Å². The van der Waals surface area contributed by atoms with Gasteiger partial charge in [0.1, 0.15) is 17.5 Å². The summed E-state index contributed by atoms with van der Waals surface area (Å²) in [5.41, 5.74) is 8.02. The molecule has 5 heteroatoms. The molecule has 0 bridgehead atoms. The molecule has 3 nitrogen and oxygen atoms in total. The molecule has 0 atom stereocenters. The predicted octanol–water partition coefficient (Wildman–Crippen LogP) is 2.49. The van der Waals surface area contributed by atoms with E-state index in [4.69, 9.17) is 5.73 Å². The molecule has 1 aliphatic rings. The average Bonchev–Trinajstić information content (AvgIpc) is 2.76. The monoisotopic (exact) mass is 247 g/mol. The molecule has 0 saturated carbocycles. The number of fused-ring (bicyclic) bond motifs is 1. The topological polar surface area (TPSA) is 51.8 Å². The van der Waals surface area contributed by atoms with Gasteiger partial charge in [-0.05, 0) is 31.4 Å². The maximum absolute atomic E-state index is 13.2. The van der Waals surface area contributed by atoms with E-state index in [1.54, 1.807) is 0 Å². The van der Waals surface area contributed by atoms with Crippen LogP contribution in [0.1, 0.15) is 17.7 Å². The minimum Gasteiger partial charge on any atom is -0.383 e. The minimum absolute atomic E-state index is 0.284. The van der Waals surface area contributed by atoms with Crippen LogP contribution in [-0.2, 0) is 12.8 Å². The fourth-order valence-electron chi connectivity index (χ4n) is 2.27. The van der Waals surface area contributed by atoms with Crippen molar-refractivity contribution < 1.29 is 8.78 Å². The molecule has 0 unspecified atom stereocenters. The highest BCUT2D eigenvalue weighted by Crippen LogP contribution is 2.27. The largest absolute Gasteiger partial charge is 0.383 e. The number of anilines is 1. The maximum Gasteiger partial charge on any atom is 0.161 e. The zero-order valence-electron chi connectivity index (χ0n) is 9.58. The fourth-order valence-corrected chi connectivity index (χ4v) is 2.27. The van der Waals surface area contributed by atoms with E-state index >= 15 is 0 Å². The van der Waals surface area contributed by atoms with Crippen molar-refractivity contribution in [3.05, 3.63) is 41.1 Å². The smallest absolute Gasteiger partial charge is 0.161 e. The molecule has 1 aromatic heterocycles. The summed E-state index contributed by atoms with van der Waals surface area (Å²) < 4.78 is 26.3. The molecule has 0 fully saturated rings. The van der Waals surface area contributed by atoms with Crippen molar-refractivity contribution in [3.63, 3.8) is 0 Å². The number of hydrogen-bond donors (Lipinski definition) is 1. The van der Waals surface area contributed by atoms with Crippen LogP contribution < -0.4 is 5.73 Å². The number of nitrogen functional groups attached to an aromatic ring is 1. The Labute approximate surface area is 103 Å². The van der Waals surface area contributed by atoms with Crippen LogP contribution in [0.3, 0.4) is 0 Å². The molecule has 2 aromatic rings. The summed E-state index contributed by atoms with van der Waals surface area (Å²) in [5.74, 6) is -0.593. The first-order valence-electron chi connectivity index (χ1n) is 5.75. The molecule has 2 N–H and O–H groups in total. The van der Waals surface area contributed by atoms with Crippen LogP contribution in [-0.4, -0.2) is 9.97 Å². The Morgan fingerprint density at radius 2 is 1.72 bits per heavy atom. The predicted molar refractivity (Wildman–Crippen MR) is 63.8 cm³/mol. The molecule has 1 aromatic carbocycles. The molecule has 92 valence electrons. The lowest BCUT2D eigenvalue weighted by atomic mass is 10.1. The summed E-state index contributed by atoms with van der Waals surface area (Å²) >= 11 is 0. The average molecular weight is 247 g/mol. The van der Waals surface area contributed by atoms with Gasteiger partial charge in [0, 0.05) is 22.9 Å². The van der Waals surface area contributed by atoms with Crippen molar-refractivity contribution in [1.82, 2.24) is 9.97 Å². The normalized spacial score (nSPS) is 13.7. The first-order valence-corrected chi connectivity index (χ1v) is 5.75. The first kappa shape index (κ1) is 11.1. The lowest BCUT2D eigenvalue weighted by molar-refractivity contribution is 0.584. The van der Waals surface area contributed by atoms with E-state index in [9.17, 15) is 8.78 Å². The fraction of sp³-hybridized carbons (Fsp3) is 0.231. The Bertz CT molecular complexity index is 606. The third-order valence-corrected chi connectivity index (χ3v) is 3.09. The molecule has 0 radical (unpaired) electrons. The summed E-state index contributed by atoms with van der Waals surface area (Å²) in [6.07, 6.45) is 2.71. The summed E-state index contributed by atoms with van der Waals surface area (Å²) in [6.45, 7) is 0. The number of hydrogen-bond acceptors (Lipinski definition) is 3. The summed E-state index contributed by atoms with van der Waals surface area (Å²) in [7, 11) is 0. The van der Waals surface area contributed by atoms with Crippen LogP contribution in [0.2, 0.25) is 0 Å². The standard InChI is InChI=1S/C13H11F2N3/c14-8-4-7(5-9(15)6-8)13-17-11-3-1-2-10(11)12(16)18-13/h4-6H,1-3H2,(H2,16,17,18). The van der Waals surface area contributed by atoms with Crippen molar-refractivity contribution >= 4 is 5.82 Å². The van der Waals surface area contributed by atoms with Crippen molar-refractivity contribution in [2.75, 3.05) is 5.73 Å². The van der Waals surface area contributed by atoms with E-state index in [0.717, 1.165) is 36.6 Å². The van der Waals surface area contributed by atoms with E-state index in [1.165, 1.54) is 12.1 Å². The van der Waals surface area contributed by atoms with Crippen molar-refractivity contribution in [2.45, 2.75) is 19.3 Å².